The molecular formula is C16H22BrNO2S. The fourth-order valence-electron chi connectivity index (χ4n) is 3.45. The lowest BCUT2D eigenvalue weighted by molar-refractivity contribution is -0.0835. The molecule has 2 aliphatic heterocycles. The first kappa shape index (κ1) is 15.7. The van der Waals surface area contributed by atoms with Gasteiger partial charge < -0.3 is 15.2 Å². The maximum Gasteiger partial charge on any atom is 0.124 e. The largest absolute Gasteiger partial charge is 0.496 e. The van der Waals surface area contributed by atoms with E-state index in [0.717, 1.165) is 41.0 Å². The molecule has 2 N–H and O–H groups in total. The molecule has 3 nitrogen and oxygen atoms in total. The maximum atomic E-state index is 6.59. The molecule has 0 aliphatic carbocycles. The van der Waals surface area contributed by atoms with Crippen LogP contribution in [0.15, 0.2) is 22.7 Å². The van der Waals surface area contributed by atoms with E-state index in [2.05, 4.69) is 22.0 Å². The molecule has 3 unspecified atom stereocenters. The van der Waals surface area contributed by atoms with Crippen molar-refractivity contribution in [1.82, 2.24) is 0 Å². The molecule has 0 bridgehead atoms. The van der Waals surface area contributed by atoms with Crippen LogP contribution in [-0.4, -0.2) is 30.8 Å². The molecule has 2 aliphatic rings. The summed E-state index contributed by atoms with van der Waals surface area (Å²) in [4.78, 5) is 0. The number of ether oxygens (including phenoxy) is 2. The highest BCUT2D eigenvalue weighted by atomic mass is 79.9. The van der Waals surface area contributed by atoms with E-state index >= 15 is 0 Å². The molecule has 5 heteroatoms. The molecule has 2 fully saturated rings. The summed E-state index contributed by atoms with van der Waals surface area (Å²) in [5, 5.41) is 0. The second-order valence-electron chi connectivity index (χ2n) is 6.00. The number of benzene rings is 1. The maximum absolute atomic E-state index is 6.59. The summed E-state index contributed by atoms with van der Waals surface area (Å²) in [5.74, 6) is 3.67. The van der Waals surface area contributed by atoms with Crippen molar-refractivity contribution in [1.29, 1.82) is 0 Å². The zero-order valence-electron chi connectivity index (χ0n) is 12.3. The van der Waals surface area contributed by atoms with Gasteiger partial charge in [0.05, 0.1) is 12.7 Å². The van der Waals surface area contributed by atoms with Gasteiger partial charge in [-0.2, -0.15) is 11.8 Å². The highest BCUT2D eigenvalue weighted by molar-refractivity contribution is 9.10. The fraction of sp³-hybridized carbons (Fsp3) is 0.625. The first-order valence-electron chi connectivity index (χ1n) is 7.44. The van der Waals surface area contributed by atoms with Gasteiger partial charge >= 0.3 is 0 Å². The molecule has 1 aromatic carbocycles. The smallest absolute Gasteiger partial charge is 0.124 e. The van der Waals surface area contributed by atoms with Gasteiger partial charge in [-0.15, -0.1) is 0 Å². The summed E-state index contributed by atoms with van der Waals surface area (Å²) in [6.07, 6.45) is 3.27. The van der Waals surface area contributed by atoms with Gasteiger partial charge in [-0.25, -0.2) is 0 Å². The predicted molar refractivity (Wildman–Crippen MR) is 91.0 cm³/mol. The molecule has 3 rings (SSSR count). The first-order chi connectivity index (χ1) is 10.1. The van der Waals surface area contributed by atoms with Crippen LogP contribution in [0.4, 0.5) is 0 Å². The van der Waals surface area contributed by atoms with E-state index in [9.17, 15) is 0 Å². The molecule has 21 heavy (non-hydrogen) atoms. The van der Waals surface area contributed by atoms with Crippen molar-refractivity contribution in [3.05, 3.63) is 28.2 Å². The van der Waals surface area contributed by atoms with Gasteiger partial charge in [0.25, 0.3) is 0 Å². The Kier molecular flexibility index (Phi) is 4.84. The van der Waals surface area contributed by atoms with Crippen molar-refractivity contribution in [3.8, 4) is 5.75 Å². The second kappa shape index (κ2) is 6.49. The number of methoxy groups -OCH3 is 1. The van der Waals surface area contributed by atoms with Crippen molar-refractivity contribution in [3.63, 3.8) is 0 Å². The standard InChI is InChI=1S/C16H22BrNO2S/c1-19-14-8-12(17)2-3-13(14)15(18)11-4-6-20-16(9-11)5-7-21-10-16/h2-3,8,11,15H,4-7,9-10,18H2,1H3. The molecule has 116 valence electrons. The zero-order valence-corrected chi connectivity index (χ0v) is 14.7. The Bertz CT molecular complexity index is 505. The van der Waals surface area contributed by atoms with Crippen molar-refractivity contribution in [2.24, 2.45) is 11.7 Å². The quantitative estimate of drug-likeness (QED) is 0.878. The van der Waals surface area contributed by atoms with Gasteiger partial charge in [-0.3, -0.25) is 0 Å². The van der Waals surface area contributed by atoms with Crippen LogP contribution in [0.25, 0.3) is 0 Å². The van der Waals surface area contributed by atoms with Crippen LogP contribution in [0.2, 0.25) is 0 Å². The van der Waals surface area contributed by atoms with Crippen molar-refractivity contribution in [2.45, 2.75) is 30.9 Å². The Hall–Kier alpha value is -0.230. The van der Waals surface area contributed by atoms with E-state index in [1.165, 1.54) is 12.2 Å². The first-order valence-corrected chi connectivity index (χ1v) is 9.39. The Morgan fingerprint density at radius 3 is 3.10 bits per heavy atom. The van der Waals surface area contributed by atoms with E-state index in [4.69, 9.17) is 15.2 Å². The number of halogens is 1. The third kappa shape index (κ3) is 3.26. The average Bonchev–Trinajstić information content (AvgIpc) is 2.94. The highest BCUT2D eigenvalue weighted by Crippen LogP contribution is 2.44. The summed E-state index contributed by atoms with van der Waals surface area (Å²) in [7, 11) is 1.71. The fourth-order valence-corrected chi connectivity index (χ4v) is 5.17. The minimum atomic E-state index is 0.0134. The molecule has 0 amide bonds. The third-order valence-corrected chi connectivity index (χ3v) is 6.38. The Morgan fingerprint density at radius 2 is 2.38 bits per heavy atom. The van der Waals surface area contributed by atoms with Crippen LogP contribution >= 0.6 is 27.7 Å². The molecule has 0 radical (unpaired) electrons. The Morgan fingerprint density at radius 1 is 1.52 bits per heavy atom. The second-order valence-corrected chi connectivity index (χ2v) is 8.02. The minimum Gasteiger partial charge on any atom is -0.496 e. The summed E-state index contributed by atoms with van der Waals surface area (Å²) in [5.41, 5.74) is 7.77. The van der Waals surface area contributed by atoms with E-state index in [0.29, 0.717) is 5.92 Å². The van der Waals surface area contributed by atoms with E-state index in [1.807, 2.05) is 23.9 Å². The minimum absolute atomic E-state index is 0.0134. The molecule has 2 heterocycles. The zero-order chi connectivity index (χ0) is 14.9. The molecular weight excluding hydrogens is 350 g/mol. The van der Waals surface area contributed by atoms with Crippen molar-refractivity contribution in [2.75, 3.05) is 25.2 Å². The Balaban J connectivity index is 1.79. The van der Waals surface area contributed by atoms with E-state index in [1.54, 1.807) is 7.11 Å². The van der Waals surface area contributed by atoms with Crippen LogP contribution in [0, 0.1) is 5.92 Å². The normalized spacial score (nSPS) is 30.5. The van der Waals surface area contributed by atoms with Crippen LogP contribution < -0.4 is 10.5 Å². The van der Waals surface area contributed by atoms with E-state index in [-0.39, 0.29) is 11.6 Å². The molecule has 1 aromatic rings. The lowest BCUT2D eigenvalue weighted by Crippen LogP contribution is -2.42. The molecule has 3 atom stereocenters. The number of hydrogen-bond acceptors (Lipinski definition) is 4. The topological polar surface area (TPSA) is 44.5 Å². The summed E-state index contributed by atoms with van der Waals surface area (Å²) in [6.45, 7) is 0.831. The number of rotatable bonds is 3. The van der Waals surface area contributed by atoms with Gasteiger partial charge in [0.1, 0.15) is 5.75 Å². The molecule has 2 saturated heterocycles. The van der Waals surface area contributed by atoms with Crippen LogP contribution in [0.3, 0.4) is 0 Å². The molecule has 0 aromatic heterocycles. The average molecular weight is 372 g/mol. The van der Waals surface area contributed by atoms with Crippen LogP contribution in [0.1, 0.15) is 30.9 Å². The van der Waals surface area contributed by atoms with Gasteiger partial charge in [0.2, 0.25) is 0 Å². The van der Waals surface area contributed by atoms with Gasteiger partial charge in [-0.1, -0.05) is 22.0 Å². The number of hydrogen-bond donors (Lipinski definition) is 1. The lowest BCUT2D eigenvalue weighted by atomic mass is 9.79. The summed E-state index contributed by atoms with van der Waals surface area (Å²) in [6, 6.07) is 6.13. The summed E-state index contributed by atoms with van der Waals surface area (Å²) >= 11 is 5.49. The van der Waals surface area contributed by atoms with Crippen molar-refractivity contribution >= 4 is 27.7 Å². The highest BCUT2D eigenvalue weighted by Gasteiger charge is 2.42. The Labute approximate surface area is 139 Å². The van der Waals surface area contributed by atoms with Gasteiger partial charge in [-0.05, 0) is 43.1 Å². The third-order valence-electron chi connectivity index (χ3n) is 4.66. The van der Waals surface area contributed by atoms with Crippen LogP contribution in [-0.2, 0) is 4.74 Å². The molecule has 0 saturated carbocycles. The van der Waals surface area contributed by atoms with E-state index < -0.39 is 0 Å². The predicted octanol–water partition coefficient (Wildman–Crippen LogP) is 3.76. The number of thioether (sulfide) groups is 1. The SMILES string of the molecule is COc1cc(Br)ccc1C(N)C1CCOC2(CCSC2)C1. The lowest BCUT2D eigenvalue weighted by Gasteiger charge is -2.40. The monoisotopic (exact) mass is 371 g/mol. The van der Waals surface area contributed by atoms with Crippen molar-refractivity contribution < 1.29 is 9.47 Å². The summed E-state index contributed by atoms with van der Waals surface area (Å²) < 4.78 is 12.6. The van der Waals surface area contributed by atoms with Gasteiger partial charge in [0, 0.05) is 28.4 Å². The molecule has 1 spiro atoms. The number of nitrogens with two attached hydrogens (primary N) is 1. The van der Waals surface area contributed by atoms with Crippen LogP contribution in [0.5, 0.6) is 5.75 Å². The van der Waals surface area contributed by atoms with Gasteiger partial charge in [0.15, 0.2) is 0 Å².